The summed E-state index contributed by atoms with van der Waals surface area (Å²) in [5.41, 5.74) is 0.879. The Morgan fingerprint density at radius 2 is 2.00 bits per heavy atom. The first kappa shape index (κ1) is 13.5. The molecule has 5 nitrogen and oxygen atoms in total. The van der Waals surface area contributed by atoms with E-state index < -0.39 is 16.3 Å². The molecule has 88 valence electrons. The van der Waals surface area contributed by atoms with Gasteiger partial charge in [0.15, 0.2) is 0 Å². The van der Waals surface area contributed by atoms with Crippen LogP contribution >= 0.6 is 16.3 Å². The van der Waals surface area contributed by atoms with E-state index in [-0.39, 0.29) is 13.0 Å². The molecular formula is C9H13O5P2+. The van der Waals surface area contributed by atoms with Crippen LogP contribution in [0.1, 0.15) is 5.56 Å². The number of hydrogen-bond donors (Lipinski definition) is 0. The van der Waals surface area contributed by atoms with Gasteiger partial charge in [0, 0.05) is 7.11 Å². The van der Waals surface area contributed by atoms with Crippen LogP contribution in [-0.4, -0.2) is 13.5 Å². The highest BCUT2D eigenvalue weighted by Crippen LogP contribution is 2.48. The third-order valence-electron chi connectivity index (χ3n) is 1.83. The SMILES string of the molecule is COP(=O)(CO[PH+]=O)OCc1ccccc1. The van der Waals surface area contributed by atoms with E-state index in [0.29, 0.717) is 0 Å². The van der Waals surface area contributed by atoms with Crippen molar-refractivity contribution in [2.75, 3.05) is 13.5 Å². The molecule has 0 radical (unpaired) electrons. The zero-order valence-corrected chi connectivity index (χ0v) is 10.7. The van der Waals surface area contributed by atoms with Gasteiger partial charge in [0.05, 0.1) is 6.61 Å². The summed E-state index contributed by atoms with van der Waals surface area (Å²) in [6.45, 7) is 0.164. The molecule has 0 amide bonds. The number of rotatable bonds is 7. The van der Waals surface area contributed by atoms with E-state index in [2.05, 4.69) is 4.52 Å². The van der Waals surface area contributed by atoms with Gasteiger partial charge in [-0.15, -0.1) is 4.52 Å². The summed E-state index contributed by atoms with van der Waals surface area (Å²) in [6.07, 6.45) is -0.307. The van der Waals surface area contributed by atoms with Crippen LogP contribution in [0.2, 0.25) is 0 Å². The highest BCUT2D eigenvalue weighted by atomic mass is 31.2. The topological polar surface area (TPSA) is 61.8 Å². The van der Waals surface area contributed by atoms with Crippen LogP contribution in [0.4, 0.5) is 0 Å². The van der Waals surface area contributed by atoms with E-state index in [4.69, 9.17) is 9.05 Å². The Balaban J connectivity index is 2.51. The lowest BCUT2D eigenvalue weighted by Gasteiger charge is -2.13. The first-order chi connectivity index (χ1) is 7.70. The second kappa shape index (κ2) is 6.89. The van der Waals surface area contributed by atoms with Crippen molar-refractivity contribution in [1.29, 1.82) is 0 Å². The summed E-state index contributed by atoms with van der Waals surface area (Å²) in [4.78, 5) is 0. The molecule has 0 fully saturated rings. The monoisotopic (exact) mass is 263 g/mol. The van der Waals surface area contributed by atoms with Crippen molar-refractivity contribution in [3.63, 3.8) is 0 Å². The third-order valence-corrected chi connectivity index (χ3v) is 3.86. The molecule has 0 aliphatic rings. The van der Waals surface area contributed by atoms with Crippen molar-refractivity contribution in [3.05, 3.63) is 35.9 Å². The van der Waals surface area contributed by atoms with Crippen LogP contribution in [0.5, 0.6) is 0 Å². The molecule has 0 saturated carbocycles. The average molecular weight is 263 g/mol. The maximum Gasteiger partial charge on any atom is 0.494 e. The van der Waals surface area contributed by atoms with Gasteiger partial charge >= 0.3 is 16.3 Å². The molecule has 0 heterocycles. The van der Waals surface area contributed by atoms with Gasteiger partial charge in [-0.2, -0.15) is 0 Å². The Labute approximate surface area is 95.5 Å². The lowest BCUT2D eigenvalue weighted by atomic mass is 10.2. The fourth-order valence-corrected chi connectivity index (χ4v) is 2.47. The highest BCUT2D eigenvalue weighted by molar-refractivity contribution is 7.53. The standard InChI is InChI=1S/C9H13O5P2/c1-12-16(11,8-13-15-10)14-7-9-5-3-2-4-6-9/h2-6,15H,7-8H2,1H3/q+1. The maximum atomic E-state index is 11.8. The van der Waals surface area contributed by atoms with Gasteiger partial charge in [-0.05, 0) is 10.1 Å². The molecular weight excluding hydrogens is 250 g/mol. The second-order valence-electron chi connectivity index (χ2n) is 2.91. The first-order valence-electron chi connectivity index (χ1n) is 4.52. The quantitative estimate of drug-likeness (QED) is 0.708. The van der Waals surface area contributed by atoms with Gasteiger partial charge in [0.2, 0.25) is 6.35 Å². The summed E-state index contributed by atoms with van der Waals surface area (Å²) >= 11 is 0. The number of benzene rings is 1. The Morgan fingerprint density at radius 1 is 1.31 bits per heavy atom. The summed E-state index contributed by atoms with van der Waals surface area (Å²) < 4.78 is 36.4. The smallest absolute Gasteiger partial charge is 0.310 e. The minimum Gasteiger partial charge on any atom is -0.310 e. The largest absolute Gasteiger partial charge is 0.494 e. The van der Waals surface area contributed by atoms with Crippen LogP contribution in [0, 0.1) is 0 Å². The van der Waals surface area contributed by atoms with Gasteiger partial charge in [-0.25, -0.2) is 0 Å². The van der Waals surface area contributed by atoms with E-state index in [0.717, 1.165) is 5.56 Å². The van der Waals surface area contributed by atoms with Gasteiger partial charge in [0.25, 0.3) is 0 Å². The van der Waals surface area contributed by atoms with Crippen LogP contribution in [0.15, 0.2) is 30.3 Å². The molecule has 0 aromatic heterocycles. The first-order valence-corrected chi connectivity index (χ1v) is 7.07. The molecule has 1 aromatic carbocycles. The zero-order chi connectivity index (χ0) is 11.9. The molecule has 7 heteroatoms. The molecule has 0 spiro atoms. The van der Waals surface area contributed by atoms with Gasteiger partial charge in [-0.3, -0.25) is 4.57 Å². The zero-order valence-electron chi connectivity index (χ0n) is 8.79. The molecule has 0 bridgehead atoms. The molecule has 16 heavy (non-hydrogen) atoms. The van der Waals surface area contributed by atoms with Crippen LogP contribution < -0.4 is 0 Å². The van der Waals surface area contributed by atoms with Crippen LogP contribution in [0.25, 0.3) is 0 Å². The summed E-state index contributed by atoms with van der Waals surface area (Å²) in [5, 5.41) is 0. The summed E-state index contributed by atoms with van der Waals surface area (Å²) in [7, 11) is -3.01. The lowest BCUT2D eigenvalue weighted by molar-refractivity contribution is 0.205. The van der Waals surface area contributed by atoms with E-state index >= 15 is 0 Å². The Bertz CT molecular complexity index is 367. The number of hydrogen-bond acceptors (Lipinski definition) is 5. The fourth-order valence-electron chi connectivity index (χ4n) is 0.995. The minimum absolute atomic E-state index is 0.164. The normalized spacial score (nSPS) is 14.8. The maximum absolute atomic E-state index is 11.8. The Kier molecular flexibility index (Phi) is 5.81. The van der Waals surface area contributed by atoms with Crippen molar-refractivity contribution >= 4 is 16.3 Å². The predicted molar refractivity (Wildman–Crippen MR) is 60.8 cm³/mol. The molecule has 1 rings (SSSR count). The predicted octanol–water partition coefficient (Wildman–Crippen LogP) is 2.96. The van der Waals surface area contributed by atoms with Crippen molar-refractivity contribution in [1.82, 2.24) is 0 Å². The summed E-state index contributed by atoms with van der Waals surface area (Å²) in [6, 6.07) is 9.27. The minimum atomic E-state index is -3.30. The van der Waals surface area contributed by atoms with E-state index in [1.54, 1.807) is 0 Å². The van der Waals surface area contributed by atoms with Crippen molar-refractivity contribution in [2.45, 2.75) is 6.61 Å². The van der Waals surface area contributed by atoms with Gasteiger partial charge in [0.1, 0.15) is 0 Å². The molecule has 0 aliphatic carbocycles. The van der Waals surface area contributed by atoms with Crippen LogP contribution in [0.3, 0.4) is 0 Å². The lowest BCUT2D eigenvalue weighted by Crippen LogP contribution is -1.98. The molecule has 2 unspecified atom stereocenters. The molecule has 2 atom stereocenters. The van der Waals surface area contributed by atoms with Crippen molar-refractivity contribution in [3.8, 4) is 0 Å². The molecule has 0 N–H and O–H groups in total. The summed E-state index contributed by atoms with van der Waals surface area (Å²) in [5.74, 6) is 0. The van der Waals surface area contributed by atoms with Crippen LogP contribution in [-0.2, 0) is 29.3 Å². The van der Waals surface area contributed by atoms with Gasteiger partial charge in [-0.1, -0.05) is 30.3 Å². The van der Waals surface area contributed by atoms with E-state index in [1.165, 1.54) is 7.11 Å². The Hall–Kier alpha value is -0.570. The van der Waals surface area contributed by atoms with E-state index in [1.807, 2.05) is 30.3 Å². The fraction of sp³-hybridized carbons (Fsp3) is 0.333. The molecule has 0 saturated heterocycles. The van der Waals surface area contributed by atoms with Crippen molar-refractivity contribution < 1.29 is 22.7 Å². The Morgan fingerprint density at radius 3 is 2.56 bits per heavy atom. The van der Waals surface area contributed by atoms with Crippen molar-refractivity contribution in [2.24, 2.45) is 0 Å². The van der Waals surface area contributed by atoms with E-state index in [9.17, 15) is 9.13 Å². The average Bonchev–Trinajstić information content (AvgIpc) is 2.35. The second-order valence-corrected chi connectivity index (χ2v) is 5.47. The third kappa shape index (κ3) is 4.52. The van der Waals surface area contributed by atoms with Gasteiger partial charge < -0.3 is 9.05 Å². The highest BCUT2D eigenvalue weighted by Gasteiger charge is 2.25. The molecule has 1 aromatic rings. The molecule has 0 aliphatic heterocycles.